The molecule has 5 heteroatoms. The third-order valence-corrected chi connectivity index (χ3v) is 3.19. The van der Waals surface area contributed by atoms with E-state index in [2.05, 4.69) is 4.90 Å². The molecular weight excluding hydrogens is 252 g/mol. The quantitative estimate of drug-likeness (QED) is 0.794. The molecule has 3 nitrogen and oxygen atoms in total. The molecule has 0 aromatic heterocycles. The molecule has 1 saturated heterocycles. The standard InChI is InChI=1S/C14H19F2NO2/c1-2-18-10-13(17-8-3-4-9-17)19-12-7-5-6-11(15)14(12)16/h5-7,13H,2-4,8-10H2,1H3/t13-/m1/s1. The molecule has 1 aromatic carbocycles. The van der Waals surface area contributed by atoms with Crippen LogP contribution >= 0.6 is 0 Å². The Balaban J connectivity index is 2.07. The Morgan fingerprint density at radius 1 is 1.26 bits per heavy atom. The fraction of sp³-hybridized carbons (Fsp3) is 0.571. The van der Waals surface area contributed by atoms with Crippen molar-refractivity contribution in [3.63, 3.8) is 0 Å². The van der Waals surface area contributed by atoms with Crippen molar-refractivity contribution in [2.75, 3.05) is 26.3 Å². The van der Waals surface area contributed by atoms with Crippen molar-refractivity contribution >= 4 is 0 Å². The van der Waals surface area contributed by atoms with E-state index in [4.69, 9.17) is 9.47 Å². The fourth-order valence-electron chi connectivity index (χ4n) is 2.18. The summed E-state index contributed by atoms with van der Waals surface area (Å²) in [6.45, 7) is 4.61. The minimum Gasteiger partial charge on any atom is -0.469 e. The van der Waals surface area contributed by atoms with E-state index >= 15 is 0 Å². The zero-order valence-corrected chi connectivity index (χ0v) is 11.1. The molecule has 0 bridgehead atoms. The Kier molecular flexibility index (Phi) is 5.10. The van der Waals surface area contributed by atoms with Crippen LogP contribution in [0.2, 0.25) is 0 Å². The maximum Gasteiger partial charge on any atom is 0.200 e. The van der Waals surface area contributed by atoms with Crippen LogP contribution in [-0.4, -0.2) is 37.4 Å². The van der Waals surface area contributed by atoms with Gasteiger partial charge in [-0.2, -0.15) is 4.39 Å². The molecule has 1 aliphatic rings. The lowest BCUT2D eigenvalue weighted by molar-refractivity contribution is -0.0311. The van der Waals surface area contributed by atoms with Gasteiger partial charge in [-0.3, -0.25) is 4.90 Å². The van der Waals surface area contributed by atoms with E-state index in [-0.39, 0.29) is 12.0 Å². The number of rotatable bonds is 6. The molecule has 1 heterocycles. The van der Waals surface area contributed by atoms with Crippen molar-refractivity contribution in [1.29, 1.82) is 0 Å². The Morgan fingerprint density at radius 2 is 2.00 bits per heavy atom. The molecule has 0 aliphatic carbocycles. The second-order valence-electron chi connectivity index (χ2n) is 4.53. The summed E-state index contributed by atoms with van der Waals surface area (Å²) >= 11 is 0. The molecule has 1 atom stereocenters. The van der Waals surface area contributed by atoms with Gasteiger partial charge in [0.2, 0.25) is 5.82 Å². The van der Waals surface area contributed by atoms with E-state index in [1.54, 1.807) is 0 Å². The molecule has 0 amide bonds. The monoisotopic (exact) mass is 271 g/mol. The van der Waals surface area contributed by atoms with Gasteiger partial charge in [-0.05, 0) is 31.9 Å². The summed E-state index contributed by atoms with van der Waals surface area (Å²) in [4.78, 5) is 2.10. The zero-order chi connectivity index (χ0) is 13.7. The lowest BCUT2D eigenvalue weighted by Gasteiger charge is -2.27. The molecule has 1 aliphatic heterocycles. The minimum atomic E-state index is -0.941. The van der Waals surface area contributed by atoms with Gasteiger partial charge in [0, 0.05) is 19.7 Å². The topological polar surface area (TPSA) is 21.7 Å². The fourth-order valence-corrected chi connectivity index (χ4v) is 2.18. The lowest BCUT2D eigenvalue weighted by atomic mass is 10.3. The van der Waals surface area contributed by atoms with Crippen LogP contribution in [-0.2, 0) is 4.74 Å². The molecule has 1 fully saturated rings. The average Bonchev–Trinajstić information content (AvgIpc) is 2.93. The van der Waals surface area contributed by atoms with Gasteiger partial charge in [0.25, 0.3) is 0 Å². The van der Waals surface area contributed by atoms with Crippen molar-refractivity contribution in [3.8, 4) is 5.75 Å². The number of hydrogen-bond acceptors (Lipinski definition) is 3. The maximum atomic E-state index is 13.6. The van der Waals surface area contributed by atoms with Crippen molar-refractivity contribution in [3.05, 3.63) is 29.8 Å². The number of likely N-dealkylation sites (tertiary alicyclic amines) is 1. The minimum absolute atomic E-state index is 0.0587. The van der Waals surface area contributed by atoms with E-state index in [0.29, 0.717) is 13.2 Å². The van der Waals surface area contributed by atoms with Gasteiger partial charge in [0.15, 0.2) is 17.8 Å². The first-order chi connectivity index (χ1) is 9.22. The van der Waals surface area contributed by atoms with Crippen LogP contribution in [0.5, 0.6) is 5.75 Å². The van der Waals surface area contributed by atoms with E-state index in [0.717, 1.165) is 32.0 Å². The molecule has 0 saturated carbocycles. The smallest absolute Gasteiger partial charge is 0.200 e. The highest BCUT2D eigenvalue weighted by Crippen LogP contribution is 2.23. The summed E-state index contributed by atoms with van der Waals surface area (Å²) < 4.78 is 37.7. The van der Waals surface area contributed by atoms with Crippen LogP contribution in [0, 0.1) is 11.6 Å². The molecule has 106 valence electrons. The number of halogens is 2. The highest BCUT2D eigenvalue weighted by Gasteiger charge is 2.25. The molecule has 0 spiro atoms. The van der Waals surface area contributed by atoms with Gasteiger partial charge in [0.05, 0.1) is 6.61 Å². The second-order valence-corrected chi connectivity index (χ2v) is 4.53. The van der Waals surface area contributed by atoms with Crippen molar-refractivity contribution in [1.82, 2.24) is 4.90 Å². The average molecular weight is 271 g/mol. The normalized spacial score (nSPS) is 17.6. The Hall–Kier alpha value is -1.20. The highest BCUT2D eigenvalue weighted by atomic mass is 19.2. The molecular formula is C14H19F2NO2. The van der Waals surface area contributed by atoms with Crippen LogP contribution < -0.4 is 4.74 Å². The first kappa shape index (κ1) is 14.2. The molecule has 0 radical (unpaired) electrons. The molecule has 1 aromatic rings. The predicted octanol–water partition coefficient (Wildman–Crippen LogP) is 2.80. The molecule has 0 unspecified atom stereocenters. The summed E-state index contributed by atoms with van der Waals surface area (Å²) in [5, 5.41) is 0. The Bertz CT molecular complexity index is 408. The third kappa shape index (κ3) is 3.64. The first-order valence-electron chi connectivity index (χ1n) is 6.65. The first-order valence-corrected chi connectivity index (χ1v) is 6.65. The number of hydrogen-bond donors (Lipinski definition) is 0. The number of nitrogens with zero attached hydrogens (tertiary/aromatic N) is 1. The Labute approximate surface area is 112 Å². The lowest BCUT2D eigenvalue weighted by Crippen LogP contribution is -2.41. The van der Waals surface area contributed by atoms with Gasteiger partial charge < -0.3 is 9.47 Å². The van der Waals surface area contributed by atoms with Gasteiger partial charge in [-0.25, -0.2) is 4.39 Å². The molecule has 2 rings (SSSR count). The van der Waals surface area contributed by atoms with Crippen molar-refractivity contribution in [2.45, 2.75) is 26.0 Å². The van der Waals surface area contributed by atoms with E-state index in [9.17, 15) is 8.78 Å². The van der Waals surface area contributed by atoms with Gasteiger partial charge in [0.1, 0.15) is 0 Å². The van der Waals surface area contributed by atoms with E-state index in [1.807, 2.05) is 6.92 Å². The number of benzene rings is 1. The van der Waals surface area contributed by atoms with Crippen LogP contribution in [0.1, 0.15) is 19.8 Å². The second kappa shape index (κ2) is 6.82. The highest BCUT2D eigenvalue weighted by molar-refractivity contribution is 5.25. The van der Waals surface area contributed by atoms with Gasteiger partial charge >= 0.3 is 0 Å². The van der Waals surface area contributed by atoms with Crippen LogP contribution in [0.15, 0.2) is 18.2 Å². The summed E-state index contributed by atoms with van der Waals surface area (Å²) in [5.74, 6) is -1.89. The maximum absolute atomic E-state index is 13.6. The van der Waals surface area contributed by atoms with Crippen molar-refractivity contribution < 1.29 is 18.3 Å². The Morgan fingerprint density at radius 3 is 2.68 bits per heavy atom. The van der Waals surface area contributed by atoms with Gasteiger partial charge in [-0.15, -0.1) is 0 Å². The summed E-state index contributed by atoms with van der Waals surface area (Å²) in [7, 11) is 0. The van der Waals surface area contributed by atoms with Crippen LogP contribution in [0.3, 0.4) is 0 Å². The third-order valence-electron chi connectivity index (χ3n) is 3.19. The molecule has 19 heavy (non-hydrogen) atoms. The zero-order valence-electron chi connectivity index (χ0n) is 11.1. The van der Waals surface area contributed by atoms with Gasteiger partial charge in [-0.1, -0.05) is 6.07 Å². The predicted molar refractivity (Wildman–Crippen MR) is 68.1 cm³/mol. The van der Waals surface area contributed by atoms with Crippen LogP contribution in [0.4, 0.5) is 8.78 Å². The largest absolute Gasteiger partial charge is 0.469 e. The van der Waals surface area contributed by atoms with E-state index in [1.165, 1.54) is 12.1 Å². The SMILES string of the molecule is CCOC[C@@H](Oc1cccc(F)c1F)N1CCCC1. The van der Waals surface area contributed by atoms with E-state index < -0.39 is 11.6 Å². The molecule has 0 N–H and O–H groups in total. The summed E-state index contributed by atoms with van der Waals surface area (Å²) in [6, 6.07) is 3.96. The summed E-state index contributed by atoms with van der Waals surface area (Å²) in [5.41, 5.74) is 0. The summed E-state index contributed by atoms with van der Waals surface area (Å²) in [6.07, 6.45) is 1.83. The van der Waals surface area contributed by atoms with Crippen molar-refractivity contribution in [2.24, 2.45) is 0 Å². The number of ether oxygens (including phenoxy) is 2. The van der Waals surface area contributed by atoms with Crippen LogP contribution in [0.25, 0.3) is 0 Å².